The molecular formula is C20H22N2O2S. The molecule has 2 amide bonds. The van der Waals surface area contributed by atoms with Crippen molar-refractivity contribution in [2.24, 2.45) is 0 Å². The van der Waals surface area contributed by atoms with Gasteiger partial charge >= 0.3 is 0 Å². The lowest BCUT2D eigenvalue weighted by Crippen LogP contribution is -2.34. The standard InChI is InChI=1S/C20H22N2O2S/c1-3-21(4-2)20(24)16-11-9-15(10-12-16)13-22-17-7-5-6-8-18(17)25-14-19(22)23/h5-12H,3-4,13-14H2,1-2H3. The fraction of sp³-hybridized carbons (Fsp3) is 0.300. The first-order chi connectivity index (χ1) is 12.1. The van der Waals surface area contributed by atoms with Crippen LogP contribution in [0.5, 0.6) is 0 Å². The number of hydrogen-bond acceptors (Lipinski definition) is 3. The van der Waals surface area contributed by atoms with Crippen LogP contribution in [0.15, 0.2) is 53.4 Å². The lowest BCUT2D eigenvalue weighted by atomic mass is 10.1. The Balaban J connectivity index is 1.78. The molecule has 2 aromatic rings. The van der Waals surface area contributed by atoms with E-state index in [4.69, 9.17) is 0 Å². The molecule has 0 aromatic heterocycles. The van der Waals surface area contributed by atoms with E-state index >= 15 is 0 Å². The zero-order chi connectivity index (χ0) is 17.8. The summed E-state index contributed by atoms with van der Waals surface area (Å²) in [6.45, 7) is 5.89. The van der Waals surface area contributed by atoms with E-state index in [0.717, 1.165) is 16.1 Å². The number of hydrogen-bond donors (Lipinski definition) is 0. The third kappa shape index (κ3) is 3.71. The summed E-state index contributed by atoms with van der Waals surface area (Å²) in [5.74, 6) is 0.634. The summed E-state index contributed by atoms with van der Waals surface area (Å²) < 4.78 is 0. The lowest BCUT2D eigenvalue weighted by molar-refractivity contribution is -0.116. The summed E-state index contributed by atoms with van der Waals surface area (Å²) in [4.78, 5) is 29.5. The predicted octanol–water partition coefficient (Wildman–Crippen LogP) is 3.81. The van der Waals surface area contributed by atoms with Crippen molar-refractivity contribution in [1.29, 1.82) is 0 Å². The molecule has 1 aliphatic heterocycles. The Morgan fingerprint density at radius 1 is 1.08 bits per heavy atom. The highest BCUT2D eigenvalue weighted by Crippen LogP contribution is 2.35. The lowest BCUT2D eigenvalue weighted by Gasteiger charge is -2.29. The van der Waals surface area contributed by atoms with Crippen molar-refractivity contribution in [3.05, 3.63) is 59.7 Å². The maximum atomic E-state index is 12.4. The zero-order valence-corrected chi connectivity index (χ0v) is 15.4. The van der Waals surface area contributed by atoms with Gasteiger partial charge < -0.3 is 9.80 Å². The number of para-hydroxylation sites is 1. The van der Waals surface area contributed by atoms with Crippen molar-refractivity contribution < 1.29 is 9.59 Å². The predicted molar refractivity (Wildman–Crippen MR) is 102 cm³/mol. The average molecular weight is 354 g/mol. The Morgan fingerprint density at radius 3 is 2.44 bits per heavy atom. The van der Waals surface area contributed by atoms with Gasteiger partial charge in [0, 0.05) is 23.5 Å². The molecule has 130 valence electrons. The van der Waals surface area contributed by atoms with Gasteiger partial charge in [-0.05, 0) is 43.7 Å². The maximum absolute atomic E-state index is 12.4. The number of thioether (sulfide) groups is 1. The SMILES string of the molecule is CCN(CC)C(=O)c1ccc(CN2C(=O)CSc3ccccc32)cc1. The Bertz CT molecular complexity index is 770. The Hall–Kier alpha value is -2.27. The van der Waals surface area contributed by atoms with E-state index in [1.54, 1.807) is 16.7 Å². The minimum Gasteiger partial charge on any atom is -0.339 e. The average Bonchev–Trinajstić information content (AvgIpc) is 2.65. The van der Waals surface area contributed by atoms with Crippen molar-refractivity contribution in [1.82, 2.24) is 4.90 Å². The van der Waals surface area contributed by atoms with Crippen LogP contribution in [0.2, 0.25) is 0 Å². The van der Waals surface area contributed by atoms with E-state index < -0.39 is 0 Å². The number of anilines is 1. The number of fused-ring (bicyclic) bond motifs is 1. The van der Waals surface area contributed by atoms with Gasteiger partial charge in [0.25, 0.3) is 5.91 Å². The van der Waals surface area contributed by atoms with Gasteiger partial charge in [-0.3, -0.25) is 9.59 Å². The number of benzene rings is 2. The van der Waals surface area contributed by atoms with Crippen LogP contribution >= 0.6 is 11.8 Å². The van der Waals surface area contributed by atoms with E-state index in [1.165, 1.54) is 0 Å². The maximum Gasteiger partial charge on any atom is 0.253 e. The molecule has 0 radical (unpaired) electrons. The molecule has 4 nitrogen and oxygen atoms in total. The number of carbonyl (C=O) groups is 2. The highest BCUT2D eigenvalue weighted by Gasteiger charge is 2.24. The first-order valence-corrected chi connectivity index (χ1v) is 9.53. The van der Waals surface area contributed by atoms with Crippen molar-refractivity contribution in [2.75, 3.05) is 23.7 Å². The summed E-state index contributed by atoms with van der Waals surface area (Å²) >= 11 is 1.58. The molecule has 0 atom stereocenters. The van der Waals surface area contributed by atoms with Gasteiger partial charge in [-0.15, -0.1) is 11.8 Å². The molecule has 1 heterocycles. The van der Waals surface area contributed by atoms with Crippen LogP contribution in [0.4, 0.5) is 5.69 Å². The van der Waals surface area contributed by atoms with Gasteiger partial charge in [-0.2, -0.15) is 0 Å². The smallest absolute Gasteiger partial charge is 0.253 e. The van der Waals surface area contributed by atoms with E-state index in [2.05, 4.69) is 0 Å². The normalized spacial score (nSPS) is 13.5. The summed E-state index contributed by atoms with van der Waals surface area (Å²) in [6, 6.07) is 15.6. The molecule has 0 unspecified atom stereocenters. The van der Waals surface area contributed by atoms with Crippen LogP contribution in [-0.2, 0) is 11.3 Å². The summed E-state index contributed by atoms with van der Waals surface area (Å²) in [5, 5.41) is 0. The highest BCUT2D eigenvalue weighted by molar-refractivity contribution is 8.00. The summed E-state index contributed by atoms with van der Waals surface area (Å²) in [7, 11) is 0. The van der Waals surface area contributed by atoms with E-state index in [1.807, 2.05) is 67.3 Å². The van der Waals surface area contributed by atoms with Gasteiger partial charge in [0.15, 0.2) is 0 Å². The van der Waals surface area contributed by atoms with Crippen LogP contribution in [0.3, 0.4) is 0 Å². The molecule has 0 spiro atoms. The second kappa shape index (κ2) is 7.74. The quantitative estimate of drug-likeness (QED) is 0.820. The number of carbonyl (C=O) groups excluding carboxylic acids is 2. The minimum atomic E-state index is 0.0485. The molecule has 0 N–H and O–H groups in total. The summed E-state index contributed by atoms with van der Waals surface area (Å²) in [6.07, 6.45) is 0. The van der Waals surface area contributed by atoms with Crippen molar-refractivity contribution >= 4 is 29.3 Å². The molecule has 25 heavy (non-hydrogen) atoms. The van der Waals surface area contributed by atoms with E-state index in [-0.39, 0.29) is 11.8 Å². The van der Waals surface area contributed by atoms with Crippen molar-refractivity contribution in [3.63, 3.8) is 0 Å². The third-order valence-corrected chi connectivity index (χ3v) is 5.45. The van der Waals surface area contributed by atoms with E-state index in [9.17, 15) is 9.59 Å². The van der Waals surface area contributed by atoms with Crippen LogP contribution in [0, 0.1) is 0 Å². The van der Waals surface area contributed by atoms with Crippen LogP contribution in [-0.4, -0.2) is 35.6 Å². The molecular weight excluding hydrogens is 332 g/mol. The van der Waals surface area contributed by atoms with Gasteiger partial charge in [-0.1, -0.05) is 24.3 Å². The third-order valence-electron chi connectivity index (χ3n) is 4.40. The van der Waals surface area contributed by atoms with Crippen LogP contribution in [0.25, 0.3) is 0 Å². The van der Waals surface area contributed by atoms with Crippen LogP contribution in [0.1, 0.15) is 29.8 Å². The van der Waals surface area contributed by atoms with Gasteiger partial charge in [-0.25, -0.2) is 0 Å². The largest absolute Gasteiger partial charge is 0.339 e. The Kier molecular flexibility index (Phi) is 5.43. The number of nitrogens with zero attached hydrogens (tertiary/aromatic N) is 2. The molecule has 0 saturated heterocycles. The van der Waals surface area contributed by atoms with Gasteiger partial charge in [0.2, 0.25) is 5.91 Å². The molecule has 0 aliphatic carbocycles. The highest BCUT2D eigenvalue weighted by atomic mass is 32.2. The second-order valence-corrected chi connectivity index (χ2v) is 6.93. The second-order valence-electron chi connectivity index (χ2n) is 5.91. The molecule has 1 aliphatic rings. The first kappa shape index (κ1) is 17.5. The Labute approximate surface area is 152 Å². The topological polar surface area (TPSA) is 40.6 Å². The molecule has 3 rings (SSSR count). The molecule has 5 heteroatoms. The number of amides is 2. The number of rotatable bonds is 5. The first-order valence-electron chi connectivity index (χ1n) is 8.54. The monoisotopic (exact) mass is 354 g/mol. The molecule has 0 fully saturated rings. The van der Waals surface area contributed by atoms with Gasteiger partial charge in [0.1, 0.15) is 0 Å². The molecule has 2 aromatic carbocycles. The van der Waals surface area contributed by atoms with Crippen LogP contribution < -0.4 is 4.90 Å². The van der Waals surface area contributed by atoms with Gasteiger partial charge in [0.05, 0.1) is 18.0 Å². The minimum absolute atomic E-state index is 0.0485. The fourth-order valence-corrected chi connectivity index (χ4v) is 3.89. The zero-order valence-electron chi connectivity index (χ0n) is 14.6. The van der Waals surface area contributed by atoms with Crippen molar-refractivity contribution in [3.8, 4) is 0 Å². The molecule has 0 bridgehead atoms. The Morgan fingerprint density at radius 2 is 1.76 bits per heavy atom. The van der Waals surface area contributed by atoms with E-state index in [0.29, 0.717) is 31.0 Å². The van der Waals surface area contributed by atoms with Crippen molar-refractivity contribution in [2.45, 2.75) is 25.3 Å². The fourth-order valence-electron chi connectivity index (χ4n) is 2.96. The molecule has 0 saturated carbocycles. The summed E-state index contributed by atoms with van der Waals surface area (Å²) in [5.41, 5.74) is 2.67.